The van der Waals surface area contributed by atoms with Gasteiger partial charge in [0.25, 0.3) is 5.91 Å². The number of carbonyl (C=O) groups is 1. The van der Waals surface area contributed by atoms with E-state index in [1.807, 2.05) is 54.6 Å². The van der Waals surface area contributed by atoms with Crippen molar-refractivity contribution in [3.05, 3.63) is 65.9 Å². The van der Waals surface area contributed by atoms with Crippen LogP contribution in [-0.2, 0) is 6.42 Å². The van der Waals surface area contributed by atoms with Crippen molar-refractivity contribution in [3.8, 4) is 11.3 Å². The topological polar surface area (TPSA) is 109 Å². The maximum Gasteiger partial charge on any atom is 0.253 e. The second-order valence-corrected chi connectivity index (χ2v) is 6.70. The van der Waals surface area contributed by atoms with E-state index < -0.39 is 0 Å². The normalized spacial score (nSPS) is 13.2. The molecule has 0 fully saturated rings. The number of H-pyrrole nitrogens is 1. The van der Waals surface area contributed by atoms with Gasteiger partial charge in [0.1, 0.15) is 5.52 Å². The minimum absolute atomic E-state index is 0.0502. The summed E-state index contributed by atoms with van der Waals surface area (Å²) in [7, 11) is 0. The van der Waals surface area contributed by atoms with Gasteiger partial charge in [0.2, 0.25) is 0 Å². The van der Waals surface area contributed by atoms with Crippen LogP contribution in [0.3, 0.4) is 0 Å². The van der Waals surface area contributed by atoms with Gasteiger partial charge in [-0.2, -0.15) is 0 Å². The molecule has 5 rings (SSSR count). The number of nitrogens with zero attached hydrogens (tertiary/aromatic N) is 2. The minimum atomic E-state index is -0.0502. The van der Waals surface area contributed by atoms with E-state index >= 15 is 0 Å². The molecule has 0 atom stereocenters. The number of hydrogen-bond acceptors (Lipinski definition) is 5. The van der Waals surface area contributed by atoms with Crippen molar-refractivity contribution in [3.63, 3.8) is 0 Å². The predicted molar refractivity (Wildman–Crippen MR) is 109 cm³/mol. The molecule has 1 amide bonds. The number of para-hydroxylation sites is 2. The maximum atomic E-state index is 12.1. The van der Waals surface area contributed by atoms with Crippen LogP contribution in [0.5, 0.6) is 0 Å². The van der Waals surface area contributed by atoms with Crippen LogP contribution in [-0.4, -0.2) is 27.4 Å². The monoisotopic (exact) mass is 370 g/mol. The standard InChI is InChI=1S/C21H18N6O/c22-19-20(24-12-5-2-1-3-6-12)27-18-13(7-4-8-16(18)26-19)17-11-14-15(25-17)9-10-23-21(14)28/h1-8,11,25H,9-10H2,(H2,22,26)(H,23,28)(H,24,27). The highest BCUT2D eigenvalue weighted by Gasteiger charge is 2.21. The molecular weight excluding hydrogens is 352 g/mol. The van der Waals surface area contributed by atoms with Gasteiger partial charge in [-0.05, 0) is 24.3 Å². The van der Waals surface area contributed by atoms with Gasteiger partial charge >= 0.3 is 0 Å². The fourth-order valence-electron chi connectivity index (χ4n) is 3.50. The van der Waals surface area contributed by atoms with Crippen molar-refractivity contribution in [2.45, 2.75) is 6.42 Å². The molecule has 4 aromatic rings. The Kier molecular flexibility index (Phi) is 3.72. The lowest BCUT2D eigenvalue weighted by atomic mass is 10.1. The minimum Gasteiger partial charge on any atom is -0.381 e. The van der Waals surface area contributed by atoms with Gasteiger partial charge in [0.15, 0.2) is 11.6 Å². The molecule has 5 N–H and O–H groups in total. The first-order chi connectivity index (χ1) is 13.7. The summed E-state index contributed by atoms with van der Waals surface area (Å²) >= 11 is 0. The molecule has 0 aliphatic carbocycles. The third-order valence-corrected chi connectivity index (χ3v) is 4.85. The van der Waals surface area contributed by atoms with Crippen LogP contribution in [0.2, 0.25) is 0 Å². The number of nitrogen functional groups attached to an aromatic ring is 1. The van der Waals surface area contributed by atoms with Crippen molar-refractivity contribution in [2.75, 3.05) is 17.6 Å². The molecule has 138 valence electrons. The van der Waals surface area contributed by atoms with Crippen LogP contribution >= 0.6 is 0 Å². The van der Waals surface area contributed by atoms with E-state index in [2.05, 4.69) is 20.6 Å². The molecule has 7 nitrogen and oxygen atoms in total. The molecule has 1 aliphatic rings. The molecule has 7 heteroatoms. The Labute approximate surface area is 161 Å². The van der Waals surface area contributed by atoms with E-state index in [1.54, 1.807) is 0 Å². The number of fused-ring (bicyclic) bond motifs is 2. The first-order valence-electron chi connectivity index (χ1n) is 9.08. The zero-order valence-electron chi connectivity index (χ0n) is 15.0. The maximum absolute atomic E-state index is 12.1. The lowest BCUT2D eigenvalue weighted by Crippen LogP contribution is -2.31. The Morgan fingerprint density at radius 2 is 1.86 bits per heavy atom. The first-order valence-corrected chi connectivity index (χ1v) is 9.08. The molecule has 28 heavy (non-hydrogen) atoms. The zero-order valence-corrected chi connectivity index (χ0v) is 15.0. The van der Waals surface area contributed by atoms with E-state index in [1.165, 1.54) is 0 Å². The number of anilines is 3. The zero-order chi connectivity index (χ0) is 19.1. The summed E-state index contributed by atoms with van der Waals surface area (Å²) in [5.41, 5.74) is 11.8. The molecule has 0 saturated carbocycles. The molecule has 0 unspecified atom stereocenters. The summed E-state index contributed by atoms with van der Waals surface area (Å²) < 4.78 is 0. The van der Waals surface area contributed by atoms with Gasteiger partial charge in [-0.25, -0.2) is 9.97 Å². The average Bonchev–Trinajstić information content (AvgIpc) is 3.14. The molecule has 2 aromatic heterocycles. The summed E-state index contributed by atoms with van der Waals surface area (Å²) in [6.45, 7) is 0.642. The Bertz CT molecular complexity index is 1200. The van der Waals surface area contributed by atoms with Gasteiger partial charge in [0, 0.05) is 35.6 Å². The van der Waals surface area contributed by atoms with Crippen LogP contribution in [0.1, 0.15) is 16.1 Å². The fraction of sp³-hybridized carbons (Fsp3) is 0.0952. The summed E-state index contributed by atoms with van der Waals surface area (Å²) in [5.74, 6) is 0.782. The quantitative estimate of drug-likeness (QED) is 0.443. The van der Waals surface area contributed by atoms with Gasteiger partial charge in [-0.1, -0.05) is 30.3 Å². The third-order valence-electron chi connectivity index (χ3n) is 4.85. The smallest absolute Gasteiger partial charge is 0.253 e. The summed E-state index contributed by atoms with van der Waals surface area (Å²) in [6.07, 6.45) is 0.783. The number of amides is 1. The van der Waals surface area contributed by atoms with Crippen LogP contribution in [0.25, 0.3) is 22.3 Å². The van der Waals surface area contributed by atoms with Crippen LogP contribution in [0, 0.1) is 0 Å². The second kappa shape index (κ2) is 6.38. The Hall–Kier alpha value is -3.87. The molecule has 2 aromatic carbocycles. The molecule has 0 saturated heterocycles. The highest BCUT2D eigenvalue weighted by molar-refractivity contribution is 6.00. The Morgan fingerprint density at radius 3 is 2.68 bits per heavy atom. The highest BCUT2D eigenvalue weighted by Crippen LogP contribution is 2.31. The molecule has 1 aliphatic heterocycles. The van der Waals surface area contributed by atoms with Crippen molar-refractivity contribution >= 4 is 34.3 Å². The van der Waals surface area contributed by atoms with E-state index in [0.717, 1.165) is 29.1 Å². The number of hydrogen-bond donors (Lipinski definition) is 4. The average molecular weight is 370 g/mol. The number of rotatable bonds is 3. The second-order valence-electron chi connectivity index (χ2n) is 6.70. The van der Waals surface area contributed by atoms with Gasteiger partial charge in [-0.15, -0.1) is 0 Å². The van der Waals surface area contributed by atoms with E-state index in [0.29, 0.717) is 34.8 Å². The summed E-state index contributed by atoms with van der Waals surface area (Å²) in [5, 5.41) is 6.10. The Morgan fingerprint density at radius 1 is 1.00 bits per heavy atom. The van der Waals surface area contributed by atoms with E-state index in [4.69, 9.17) is 10.7 Å². The largest absolute Gasteiger partial charge is 0.381 e. The third kappa shape index (κ3) is 2.73. The molecule has 3 heterocycles. The van der Waals surface area contributed by atoms with Crippen molar-refractivity contribution < 1.29 is 4.79 Å². The van der Waals surface area contributed by atoms with Crippen LogP contribution < -0.4 is 16.4 Å². The number of aromatic nitrogens is 3. The van der Waals surface area contributed by atoms with Crippen LogP contribution in [0.15, 0.2) is 54.6 Å². The molecular formula is C21H18N6O. The van der Waals surface area contributed by atoms with Gasteiger partial charge < -0.3 is 21.4 Å². The highest BCUT2D eigenvalue weighted by atomic mass is 16.1. The Balaban J connectivity index is 1.64. The molecule has 0 bridgehead atoms. The number of aromatic amines is 1. The number of benzene rings is 2. The lowest BCUT2D eigenvalue weighted by molar-refractivity contribution is 0.0946. The van der Waals surface area contributed by atoms with Crippen molar-refractivity contribution in [1.82, 2.24) is 20.3 Å². The number of nitrogens with two attached hydrogens (primary N) is 1. The molecule has 0 spiro atoms. The van der Waals surface area contributed by atoms with E-state index in [-0.39, 0.29) is 5.91 Å². The van der Waals surface area contributed by atoms with Crippen molar-refractivity contribution in [1.29, 1.82) is 0 Å². The van der Waals surface area contributed by atoms with Crippen LogP contribution in [0.4, 0.5) is 17.3 Å². The summed E-state index contributed by atoms with van der Waals surface area (Å²) in [6, 6.07) is 17.3. The van der Waals surface area contributed by atoms with Gasteiger partial charge in [-0.3, -0.25) is 4.79 Å². The van der Waals surface area contributed by atoms with Gasteiger partial charge in [0.05, 0.1) is 11.1 Å². The SMILES string of the molecule is Nc1nc2cccc(-c3cc4c([nH]3)CCNC4=O)c2nc1Nc1ccccc1. The van der Waals surface area contributed by atoms with Crippen molar-refractivity contribution in [2.24, 2.45) is 0 Å². The number of nitrogens with one attached hydrogen (secondary N) is 3. The molecule has 0 radical (unpaired) electrons. The van der Waals surface area contributed by atoms with E-state index in [9.17, 15) is 4.79 Å². The fourth-order valence-corrected chi connectivity index (χ4v) is 3.50. The summed E-state index contributed by atoms with van der Waals surface area (Å²) in [4.78, 5) is 24.8. The number of carbonyl (C=O) groups excluding carboxylic acids is 1. The predicted octanol–water partition coefficient (Wildman–Crippen LogP) is 3.24. The first kappa shape index (κ1) is 16.3. The lowest BCUT2D eigenvalue weighted by Gasteiger charge is -2.11.